The number of hydrogen-bond donors (Lipinski definition) is 3. The van der Waals surface area contributed by atoms with Crippen molar-refractivity contribution >= 4 is 11.9 Å². The first-order valence-electron chi connectivity index (χ1n) is 5.50. The fourth-order valence-corrected chi connectivity index (χ4v) is 2.85. The molecule has 2 heterocycles. The monoisotopic (exact) mass is 241 g/mol. The number of amides is 1. The van der Waals surface area contributed by atoms with Gasteiger partial charge >= 0.3 is 5.97 Å². The van der Waals surface area contributed by atoms with Gasteiger partial charge in [0.1, 0.15) is 5.70 Å². The zero-order valence-electron chi connectivity index (χ0n) is 9.62. The van der Waals surface area contributed by atoms with Crippen LogP contribution in [0.25, 0.3) is 0 Å². The van der Waals surface area contributed by atoms with E-state index in [1.165, 1.54) is 11.8 Å². The molecule has 0 radical (unpaired) electrons. The molecule has 0 aromatic rings. The van der Waals surface area contributed by atoms with Crippen LogP contribution in [0.2, 0.25) is 0 Å². The third kappa shape index (κ3) is 1.41. The van der Waals surface area contributed by atoms with Crippen molar-refractivity contribution in [2.75, 3.05) is 6.61 Å². The number of aliphatic carboxylic acids is 1. The van der Waals surface area contributed by atoms with Crippen LogP contribution in [0, 0.1) is 11.8 Å². The number of nitrogens with zero attached hydrogens (tertiary/aromatic N) is 1. The molecule has 94 valence electrons. The Hall–Kier alpha value is -1.40. The largest absolute Gasteiger partial charge is 0.477 e. The van der Waals surface area contributed by atoms with Gasteiger partial charge in [0.25, 0.3) is 0 Å². The van der Waals surface area contributed by atoms with E-state index in [2.05, 4.69) is 0 Å². The van der Waals surface area contributed by atoms with Gasteiger partial charge in [0.15, 0.2) is 0 Å². The lowest BCUT2D eigenvalue weighted by Gasteiger charge is -2.46. The summed E-state index contributed by atoms with van der Waals surface area (Å²) in [5, 5.41) is 27.8. The molecule has 0 bridgehead atoms. The molecule has 0 aromatic heterocycles. The quantitative estimate of drug-likeness (QED) is 0.560. The minimum Gasteiger partial charge on any atom is -0.477 e. The van der Waals surface area contributed by atoms with Crippen molar-refractivity contribution in [2.24, 2.45) is 11.8 Å². The predicted molar refractivity (Wildman–Crippen MR) is 56.7 cm³/mol. The first kappa shape index (κ1) is 12.1. The van der Waals surface area contributed by atoms with Crippen LogP contribution in [-0.4, -0.2) is 50.8 Å². The van der Waals surface area contributed by atoms with E-state index >= 15 is 0 Å². The van der Waals surface area contributed by atoms with E-state index in [4.69, 9.17) is 5.11 Å². The van der Waals surface area contributed by atoms with Gasteiger partial charge in [-0.1, -0.05) is 6.92 Å². The van der Waals surface area contributed by atoms with Crippen LogP contribution in [0.4, 0.5) is 0 Å². The summed E-state index contributed by atoms with van der Waals surface area (Å²) in [4.78, 5) is 24.1. The number of carbonyl (C=O) groups excluding carboxylic acids is 1. The molecule has 1 fully saturated rings. The Kier molecular flexibility index (Phi) is 2.71. The summed E-state index contributed by atoms with van der Waals surface area (Å²) >= 11 is 0. The summed E-state index contributed by atoms with van der Waals surface area (Å²) in [5.74, 6) is -2.38. The fraction of sp³-hybridized carbons (Fsp3) is 0.636. The summed E-state index contributed by atoms with van der Waals surface area (Å²) in [6.45, 7) is 2.90. The normalized spacial score (nSPS) is 33.5. The lowest BCUT2D eigenvalue weighted by molar-refractivity contribution is -0.163. The molecule has 0 saturated carbocycles. The van der Waals surface area contributed by atoms with E-state index in [0.717, 1.165) is 0 Å². The third-order valence-corrected chi connectivity index (χ3v) is 3.69. The topological polar surface area (TPSA) is 98.1 Å². The number of carboxylic acid groups (broad SMARTS) is 1. The van der Waals surface area contributed by atoms with Crippen LogP contribution in [-0.2, 0) is 9.59 Å². The van der Waals surface area contributed by atoms with E-state index in [9.17, 15) is 19.8 Å². The van der Waals surface area contributed by atoms with Gasteiger partial charge in [-0.2, -0.15) is 0 Å². The van der Waals surface area contributed by atoms with Crippen LogP contribution in [0.5, 0.6) is 0 Å². The van der Waals surface area contributed by atoms with Crippen LogP contribution < -0.4 is 0 Å². The number of β-lactam (4-membered cyclic amide) rings is 1. The SMILES string of the molecule is CC(O)C1C(=O)N2C(C(=O)O)=C(CO)C(C)C12. The zero-order valence-corrected chi connectivity index (χ0v) is 9.62. The molecule has 4 unspecified atom stereocenters. The smallest absolute Gasteiger partial charge is 0.352 e. The van der Waals surface area contributed by atoms with Gasteiger partial charge in [0.2, 0.25) is 5.91 Å². The van der Waals surface area contributed by atoms with Crippen LogP contribution in [0.3, 0.4) is 0 Å². The van der Waals surface area contributed by atoms with Crippen molar-refractivity contribution in [1.82, 2.24) is 4.90 Å². The Morgan fingerprint density at radius 3 is 2.53 bits per heavy atom. The Morgan fingerprint density at radius 2 is 2.12 bits per heavy atom. The van der Waals surface area contributed by atoms with E-state index in [1.54, 1.807) is 6.92 Å². The lowest BCUT2D eigenvalue weighted by atomic mass is 9.78. The minimum atomic E-state index is -1.21. The number of carbonyl (C=O) groups is 2. The van der Waals surface area contributed by atoms with Gasteiger partial charge in [-0.25, -0.2) is 4.79 Å². The molecule has 6 heteroatoms. The maximum atomic E-state index is 11.8. The standard InChI is InChI=1S/C11H15NO5/c1-4-6(3-13)9(11(16)17)12-8(4)7(5(2)14)10(12)15/h4-5,7-8,13-14H,3H2,1-2H3,(H,16,17). The van der Waals surface area contributed by atoms with Crippen molar-refractivity contribution < 1.29 is 24.9 Å². The second-order valence-corrected chi connectivity index (χ2v) is 4.59. The van der Waals surface area contributed by atoms with Gasteiger partial charge in [0.05, 0.1) is 24.7 Å². The average Bonchev–Trinajstić information content (AvgIpc) is 2.47. The summed E-state index contributed by atoms with van der Waals surface area (Å²) < 4.78 is 0. The van der Waals surface area contributed by atoms with Crippen molar-refractivity contribution in [2.45, 2.75) is 26.0 Å². The number of hydrogen-bond acceptors (Lipinski definition) is 4. The molecule has 17 heavy (non-hydrogen) atoms. The number of fused-ring (bicyclic) bond motifs is 1. The van der Waals surface area contributed by atoms with E-state index in [0.29, 0.717) is 5.57 Å². The molecule has 6 nitrogen and oxygen atoms in total. The van der Waals surface area contributed by atoms with E-state index in [-0.39, 0.29) is 30.2 Å². The third-order valence-electron chi connectivity index (χ3n) is 3.69. The first-order valence-corrected chi connectivity index (χ1v) is 5.50. The van der Waals surface area contributed by atoms with Crippen LogP contribution in [0.15, 0.2) is 11.3 Å². The number of aliphatic hydroxyl groups is 2. The van der Waals surface area contributed by atoms with Crippen molar-refractivity contribution in [3.05, 3.63) is 11.3 Å². The second-order valence-electron chi connectivity index (χ2n) is 4.59. The van der Waals surface area contributed by atoms with E-state index in [1.807, 2.05) is 0 Å². The van der Waals surface area contributed by atoms with Crippen LogP contribution >= 0.6 is 0 Å². The molecule has 4 atom stereocenters. The van der Waals surface area contributed by atoms with Crippen LogP contribution in [0.1, 0.15) is 13.8 Å². The minimum absolute atomic E-state index is 0.119. The Bertz CT molecular complexity index is 414. The van der Waals surface area contributed by atoms with Crippen molar-refractivity contribution in [3.8, 4) is 0 Å². The van der Waals surface area contributed by atoms with Gasteiger partial charge < -0.3 is 20.2 Å². The number of aliphatic hydroxyl groups excluding tert-OH is 2. The molecule has 2 aliphatic heterocycles. The highest BCUT2D eigenvalue weighted by atomic mass is 16.4. The molecule has 2 rings (SSSR count). The Morgan fingerprint density at radius 1 is 1.53 bits per heavy atom. The van der Waals surface area contributed by atoms with Gasteiger partial charge in [-0.05, 0) is 12.5 Å². The summed E-state index contributed by atoms with van der Waals surface area (Å²) in [7, 11) is 0. The molecule has 2 aliphatic rings. The first-order chi connectivity index (χ1) is 7.91. The lowest BCUT2D eigenvalue weighted by Crippen LogP contribution is -2.63. The second kappa shape index (κ2) is 3.82. The zero-order chi connectivity index (χ0) is 12.9. The molecular formula is C11H15NO5. The summed E-state index contributed by atoms with van der Waals surface area (Å²) in [5.41, 5.74) is 0.242. The predicted octanol–water partition coefficient (Wildman–Crippen LogP) is -0.825. The molecular weight excluding hydrogens is 226 g/mol. The highest BCUT2D eigenvalue weighted by molar-refractivity contribution is 6.00. The van der Waals surface area contributed by atoms with Crippen molar-refractivity contribution in [1.29, 1.82) is 0 Å². The number of rotatable bonds is 3. The van der Waals surface area contributed by atoms with Gasteiger partial charge in [0, 0.05) is 5.92 Å². The highest BCUT2D eigenvalue weighted by Gasteiger charge is 2.59. The molecule has 1 amide bonds. The maximum absolute atomic E-state index is 11.8. The summed E-state index contributed by atoms with van der Waals surface area (Å²) in [6, 6.07) is -0.337. The number of carboxylic acids is 1. The highest BCUT2D eigenvalue weighted by Crippen LogP contribution is 2.46. The van der Waals surface area contributed by atoms with Gasteiger partial charge in [-0.15, -0.1) is 0 Å². The summed E-state index contributed by atoms with van der Waals surface area (Å²) in [6.07, 6.45) is -0.806. The van der Waals surface area contributed by atoms with Gasteiger partial charge in [-0.3, -0.25) is 4.79 Å². The Labute approximate surface area is 98.2 Å². The fourth-order valence-electron chi connectivity index (χ4n) is 2.85. The maximum Gasteiger partial charge on any atom is 0.352 e. The van der Waals surface area contributed by atoms with E-state index < -0.39 is 18.0 Å². The molecule has 0 aliphatic carbocycles. The molecule has 1 saturated heterocycles. The van der Waals surface area contributed by atoms with Crippen molar-refractivity contribution in [3.63, 3.8) is 0 Å². The molecule has 3 N–H and O–H groups in total. The average molecular weight is 241 g/mol. The molecule has 0 aromatic carbocycles. The molecule has 0 spiro atoms. The Balaban J connectivity index is 2.39.